The van der Waals surface area contributed by atoms with Crippen LogP contribution in [0.1, 0.15) is 43.6 Å². The molecule has 0 atom stereocenters. The van der Waals surface area contributed by atoms with Crippen LogP contribution in [0, 0.1) is 0 Å². The van der Waals surface area contributed by atoms with E-state index in [0.717, 1.165) is 17.7 Å². The lowest BCUT2D eigenvalue weighted by Gasteiger charge is -2.19. The van der Waals surface area contributed by atoms with Gasteiger partial charge in [-0.15, -0.1) is 0 Å². The van der Waals surface area contributed by atoms with E-state index >= 15 is 0 Å². The van der Waals surface area contributed by atoms with Gasteiger partial charge in [-0.2, -0.15) is 0 Å². The number of amides is 2. The number of nitrogens with one attached hydrogen (secondary N) is 2. The van der Waals surface area contributed by atoms with Crippen LogP contribution in [0.4, 0.5) is 11.4 Å². The van der Waals surface area contributed by atoms with Crippen molar-refractivity contribution in [2.45, 2.75) is 33.1 Å². The van der Waals surface area contributed by atoms with E-state index in [2.05, 4.69) is 31.4 Å². The van der Waals surface area contributed by atoms with Gasteiger partial charge in [0, 0.05) is 29.1 Å². The second kappa shape index (κ2) is 9.68. The summed E-state index contributed by atoms with van der Waals surface area (Å²) in [5.41, 5.74) is 2.90. The van der Waals surface area contributed by atoms with Crippen molar-refractivity contribution in [2.75, 3.05) is 17.2 Å². The molecule has 152 valence electrons. The molecule has 29 heavy (non-hydrogen) atoms. The first-order chi connectivity index (χ1) is 13.7. The summed E-state index contributed by atoms with van der Waals surface area (Å²) in [5, 5.41) is 5.45. The zero-order chi connectivity index (χ0) is 21.4. The number of carbonyl (C=O) groups is 3. The molecule has 0 unspecified atom stereocenters. The van der Waals surface area contributed by atoms with Crippen LogP contribution in [0.2, 0.25) is 0 Å². The minimum Gasteiger partial charge on any atom is -0.463 e. The molecule has 6 nitrogen and oxygen atoms in total. The molecule has 0 spiro atoms. The lowest BCUT2D eigenvalue weighted by molar-refractivity contribution is -0.137. The molecule has 0 bridgehead atoms. The Labute approximate surface area is 171 Å². The highest BCUT2D eigenvalue weighted by Crippen LogP contribution is 2.22. The van der Waals surface area contributed by atoms with E-state index < -0.39 is 11.9 Å². The fourth-order valence-corrected chi connectivity index (χ4v) is 2.48. The van der Waals surface area contributed by atoms with Crippen molar-refractivity contribution in [3.63, 3.8) is 0 Å². The Morgan fingerprint density at radius 1 is 0.862 bits per heavy atom. The Morgan fingerprint density at radius 3 is 1.93 bits per heavy atom. The van der Waals surface area contributed by atoms with E-state index in [4.69, 9.17) is 4.74 Å². The maximum Gasteiger partial charge on any atom is 0.330 e. The number of esters is 1. The first kappa shape index (κ1) is 21.9. The van der Waals surface area contributed by atoms with E-state index in [1.807, 2.05) is 12.1 Å². The molecular weight excluding hydrogens is 368 g/mol. The van der Waals surface area contributed by atoms with Crippen molar-refractivity contribution in [1.82, 2.24) is 0 Å². The van der Waals surface area contributed by atoms with Gasteiger partial charge in [0.05, 0.1) is 6.61 Å². The summed E-state index contributed by atoms with van der Waals surface area (Å²) in [6.45, 7) is 8.30. The zero-order valence-electron chi connectivity index (χ0n) is 17.1. The minimum absolute atomic E-state index is 0.0285. The van der Waals surface area contributed by atoms with E-state index in [0.29, 0.717) is 16.9 Å². The van der Waals surface area contributed by atoms with Crippen LogP contribution in [0.3, 0.4) is 0 Å². The lowest BCUT2D eigenvalue weighted by atomic mass is 9.87. The van der Waals surface area contributed by atoms with Crippen LogP contribution < -0.4 is 10.6 Å². The van der Waals surface area contributed by atoms with Gasteiger partial charge in [-0.05, 0) is 54.3 Å². The average Bonchev–Trinajstić information content (AvgIpc) is 2.67. The predicted octanol–water partition coefficient (Wildman–Crippen LogP) is 4.29. The molecule has 0 heterocycles. The van der Waals surface area contributed by atoms with Gasteiger partial charge in [0.1, 0.15) is 0 Å². The Morgan fingerprint density at radius 2 is 1.41 bits per heavy atom. The van der Waals surface area contributed by atoms with Gasteiger partial charge in [0.25, 0.3) is 5.91 Å². The molecule has 6 heteroatoms. The molecule has 2 aromatic rings. The van der Waals surface area contributed by atoms with Gasteiger partial charge < -0.3 is 15.4 Å². The van der Waals surface area contributed by atoms with E-state index in [-0.39, 0.29) is 17.9 Å². The number of ether oxygens (including phenoxy) is 1. The number of carbonyl (C=O) groups excluding carboxylic acids is 3. The maximum absolute atomic E-state index is 12.4. The summed E-state index contributed by atoms with van der Waals surface area (Å²) in [6, 6.07) is 14.2. The molecule has 0 aliphatic rings. The van der Waals surface area contributed by atoms with Crippen LogP contribution >= 0.6 is 0 Å². The highest BCUT2D eigenvalue weighted by atomic mass is 16.5. The summed E-state index contributed by atoms with van der Waals surface area (Å²) in [4.78, 5) is 35.4. The SMILES string of the molecule is CCOC(=O)/C=C/C(=O)Nc1ccc(NC(=O)c2ccc(C(C)(C)C)cc2)cc1. The molecule has 0 aromatic heterocycles. The summed E-state index contributed by atoms with van der Waals surface area (Å²) < 4.78 is 4.71. The van der Waals surface area contributed by atoms with Crippen molar-refractivity contribution < 1.29 is 19.1 Å². The van der Waals surface area contributed by atoms with Gasteiger partial charge >= 0.3 is 5.97 Å². The Balaban J connectivity index is 1.94. The summed E-state index contributed by atoms with van der Waals surface area (Å²) in [6.07, 6.45) is 2.17. The average molecular weight is 394 g/mol. The molecule has 2 rings (SSSR count). The standard InChI is InChI=1S/C23H26N2O4/c1-5-29-21(27)15-14-20(26)24-18-10-12-19(13-11-18)25-22(28)16-6-8-17(9-7-16)23(2,3)4/h6-15H,5H2,1-4H3,(H,24,26)(H,25,28)/b15-14+. The second-order valence-corrected chi connectivity index (χ2v) is 7.43. The fourth-order valence-electron chi connectivity index (χ4n) is 2.48. The third kappa shape index (κ3) is 6.92. The zero-order valence-corrected chi connectivity index (χ0v) is 17.1. The molecule has 0 fully saturated rings. The normalized spacial score (nSPS) is 11.2. The molecular formula is C23H26N2O4. The second-order valence-electron chi connectivity index (χ2n) is 7.43. The molecule has 0 saturated carbocycles. The van der Waals surface area contributed by atoms with Gasteiger partial charge in [0.15, 0.2) is 0 Å². The van der Waals surface area contributed by atoms with Crippen LogP contribution in [0.5, 0.6) is 0 Å². The van der Waals surface area contributed by atoms with Crippen molar-refractivity contribution in [3.8, 4) is 0 Å². The fraction of sp³-hybridized carbons (Fsp3) is 0.261. The molecule has 0 saturated heterocycles. The predicted molar refractivity (Wildman–Crippen MR) is 114 cm³/mol. The largest absolute Gasteiger partial charge is 0.463 e. The third-order valence-electron chi connectivity index (χ3n) is 4.08. The first-order valence-electron chi connectivity index (χ1n) is 9.37. The Hall–Kier alpha value is -3.41. The third-order valence-corrected chi connectivity index (χ3v) is 4.08. The molecule has 2 aromatic carbocycles. The molecule has 2 amide bonds. The number of benzene rings is 2. The number of hydrogen-bond acceptors (Lipinski definition) is 4. The van der Waals surface area contributed by atoms with Gasteiger partial charge in [0.2, 0.25) is 5.91 Å². The lowest BCUT2D eigenvalue weighted by Crippen LogP contribution is -2.14. The molecule has 0 aliphatic carbocycles. The van der Waals surface area contributed by atoms with E-state index in [1.54, 1.807) is 43.3 Å². The monoisotopic (exact) mass is 394 g/mol. The van der Waals surface area contributed by atoms with Crippen molar-refractivity contribution in [3.05, 3.63) is 71.8 Å². The topological polar surface area (TPSA) is 84.5 Å². The van der Waals surface area contributed by atoms with Crippen molar-refractivity contribution >= 4 is 29.2 Å². The van der Waals surface area contributed by atoms with Gasteiger partial charge in [-0.3, -0.25) is 9.59 Å². The Bertz CT molecular complexity index is 892. The highest BCUT2D eigenvalue weighted by Gasteiger charge is 2.14. The summed E-state index contributed by atoms with van der Waals surface area (Å²) >= 11 is 0. The minimum atomic E-state index is -0.573. The number of hydrogen-bond donors (Lipinski definition) is 2. The van der Waals surface area contributed by atoms with Crippen molar-refractivity contribution in [1.29, 1.82) is 0 Å². The van der Waals surface area contributed by atoms with E-state index in [1.165, 1.54) is 0 Å². The van der Waals surface area contributed by atoms with Crippen LogP contribution in [0.25, 0.3) is 0 Å². The molecule has 2 N–H and O–H groups in total. The first-order valence-corrected chi connectivity index (χ1v) is 9.37. The van der Waals surface area contributed by atoms with Gasteiger partial charge in [-0.25, -0.2) is 4.79 Å². The highest BCUT2D eigenvalue weighted by molar-refractivity contribution is 6.05. The quantitative estimate of drug-likeness (QED) is 0.565. The number of anilines is 2. The van der Waals surface area contributed by atoms with Gasteiger partial charge in [-0.1, -0.05) is 32.9 Å². The molecule has 0 radical (unpaired) electrons. The summed E-state index contributed by atoms with van der Waals surface area (Å²) in [7, 11) is 0. The van der Waals surface area contributed by atoms with Crippen LogP contribution in [-0.2, 0) is 19.7 Å². The van der Waals surface area contributed by atoms with Crippen molar-refractivity contribution in [2.24, 2.45) is 0 Å². The number of rotatable bonds is 6. The van der Waals surface area contributed by atoms with E-state index in [9.17, 15) is 14.4 Å². The maximum atomic E-state index is 12.4. The summed E-state index contributed by atoms with van der Waals surface area (Å²) in [5.74, 6) is -1.23. The Kier molecular flexibility index (Phi) is 7.31. The van der Waals surface area contributed by atoms with Crippen LogP contribution in [-0.4, -0.2) is 24.4 Å². The van der Waals surface area contributed by atoms with Crippen LogP contribution in [0.15, 0.2) is 60.7 Å². The smallest absolute Gasteiger partial charge is 0.330 e. The molecule has 0 aliphatic heterocycles.